The van der Waals surface area contributed by atoms with Crippen molar-refractivity contribution >= 4 is 28.8 Å². The standard InChI is InChI=1S/C23H26N2O3S/c1-3-14-25(16-19-7-5-18(15-24)6-8-19)23(28)13-10-20(26)9-11-21(27)22-12-4-17(2)29-22/h4-8,12H,3,9-11,13-14,16H2,1-2H3. The largest absolute Gasteiger partial charge is 0.338 e. The highest BCUT2D eigenvalue weighted by Crippen LogP contribution is 2.18. The summed E-state index contributed by atoms with van der Waals surface area (Å²) in [4.78, 5) is 40.3. The van der Waals surface area contributed by atoms with E-state index in [1.807, 2.05) is 32.0 Å². The van der Waals surface area contributed by atoms with Gasteiger partial charge >= 0.3 is 0 Å². The van der Waals surface area contributed by atoms with Crippen molar-refractivity contribution in [3.63, 3.8) is 0 Å². The molecule has 0 aliphatic carbocycles. The molecule has 0 aliphatic heterocycles. The third-order valence-corrected chi connectivity index (χ3v) is 5.61. The molecule has 6 heteroatoms. The molecule has 1 aromatic heterocycles. The van der Waals surface area contributed by atoms with Gasteiger partial charge in [0.1, 0.15) is 5.78 Å². The van der Waals surface area contributed by atoms with E-state index in [9.17, 15) is 14.4 Å². The second kappa shape index (κ2) is 11.3. The minimum absolute atomic E-state index is 0.0174. The van der Waals surface area contributed by atoms with Crippen molar-refractivity contribution < 1.29 is 14.4 Å². The number of carbonyl (C=O) groups excluding carboxylic acids is 3. The maximum Gasteiger partial charge on any atom is 0.223 e. The van der Waals surface area contributed by atoms with Gasteiger partial charge in [-0.05, 0) is 43.2 Å². The lowest BCUT2D eigenvalue weighted by Gasteiger charge is -2.22. The fourth-order valence-corrected chi connectivity index (χ4v) is 3.79. The molecule has 5 nitrogen and oxygen atoms in total. The van der Waals surface area contributed by atoms with Crippen molar-refractivity contribution in [1.82, 2.24) is 4.90 Å². The highest BCUT2D eigenvalue weighted by Gasteiger charge is 2.16. The Morgan fingerprint density at radius 3 is 2.28 bits per heavy atom. The first-order chi connectivity index (χ1) is 13.9. The van der Waals surface area contributed by atoms with E-state index in [-0.39, 0.29) is 43.2 Å². The summed E-state index contributed by atoms with van der Waals surface area (Å²) in [5.74, 6) is -0.143. The van der Waals surface area contributed by atoms with Crippen molar-refractivity contribution in [3.8, 4) is 6.07 Å². The topological polar surface area (TPSA) is 78.2 Å². The van der Waals surface area contributed by atoms with Gasteiger partial charge < -0.3 is 4.90 Å². The van der Waals surface area contributed by atoms with Crippen LogP contribution in [0, 0.1) is 18.3 Å². The Kier molecular flexibility index (Phi) is 8.75. The molecule has 1 aromatic carbocycles. The number of carbonyl (C=O) groups is 3. The average molecular weight is 411 g/mol. The normalized spacial score (nSPS) is 10.4. The summed E-state index contributed by atoms with van der Waals surface area (Å²) in [6.07, 6.45) is 1.50. The van der Waals surface area contributed by atoms with Gasteiger partial charge in [-0.25, -0.2) is 0 Å². The molecule has 0 unspecified atom stereocenters. The van der Waals surface area contributed by atoms with Crippen LogP contribution in [0.5, 0.6) is 0 Å². The predicted molar refractivity (Wildman–Crippen MR) is 114 cm³/mol. The summed E-state index contributed by atoms with van der Waals surface area (Å²) in [6, 6.07) is 12.9. The number of nitriles is 1. The Balaban J connectivity index is 1.81. The van der Waals surface area contributed by atoms with E-state index in [1.54, 1.807) is 23.1 Å². The molecule has 0 radical (unpaired) electrons. The molecule has 0 spiro atoms. The van der Waals surface area contributed by atoms with E-state index in [0.29, 0.717) is 23.5 Å². The van der Waals surface area contributed by atoms with Gasteiger partial charge in [-0.3, -0.25) is 14.4 Å². The fraction of sp³-hybridized carbons (Fsp3) is 0.391. The number of hydrogen-bond donors (Lipinski definition) is 0. The number of ketones is 2. The van der Waals surface area contributed by atoms with Crippen LogP contribution in [-0.2, 0) is 16.1 Å². The third kappa shape index (κ3) is 7.28. The summed E-state index contributed by atoms with van der Waals surface area (Å²) in [5.41, 5.74) is 1.54. The first-order valence-corrected chi connectivity index (χ1v) is 10.6. The minimum Gasteiger partial charge on any atom is -0.338 e. The minimum atomic E-state index is -0.0650. The van der Waals surface area contributed by atoms with Gasteiger partial charge in [0, 0.05) is 43.6 Å². The number of aryl methyl sites for hydroxylation is 1. The summed E-state index contributed by atoms with van der Waals surface area (Å²) >= 11 is 1.44. The van der Waals surface area contributed by atoms with E-state index in [1.165, 1.54) is 11.3 Å². The highest BCUT2D eigenvalue weighted by molar-refractivity contribution is 7.14. The number of amides is 1. The maximum absolute atomic E-state index is 12.6. The lowest BCUT2D eigenvalue weighted by Crippen LogP contribution is -2.31. The highest BCUT2D eigenvalue weighted by atomic mass is 32.1. The Bertz CT molecular complexity index is 894. The van der Waals surface area contributed by atoms with Crippen molar-refractivity contribution in [2.45, 2.75) is 52.5 Å². The Morgan fingerprint density at radius 1 is 1.00 bits per heavy atom. The number of benzene rings is 1. The molecule has 1 heterocycles. The Hall–Kier alpha value is -2.78. The summed E-state index contributed by atoms with van der Waals surface area (Å²) in [5, 5.41) is 8.88. The molecule has 0 saturated heterocycles. The zero-order valence-corrected chi connectivity index (χ0v) is 17.8. The maximum atomic E-state index is 12.6. The fourth-order valence-electron chi connectivity index (χ4n) is 2.96. The number of hydrogen-bond acceptors (Lipinski definition) is 5. The van der Waals surface area contributed by atoms with Gasteiger partial charge in [0.15, 0.2) is 5.78 Å². The predicted octanol–water partition coefficient (Wildman–Crippen LogP) is 4.68. The molecule has 0 fully saturated rings. The first kappa shape index (κ1) is 22.5. The van der Waals surface area contributed by atoms with Gasteiger partial charge in [-0.15, -0.1) is 11.3 Å². The first-order valence-electron chi connectivity index (χ1n) is 9.81. The van der Waals surface area contributed by atoms with Gasteiger partial charge in [0.2, 0.25) is 5.91 Å². The zero-order valence-electron chi connectivity index (χ0n) is 16.9. The molecule has 1 amide bonds. The monoisotopic (exact) mass is 410 g/mol. The van der Waals surface area contributed by atoms with Gasteiger partial charge in [0.05, 0.1) is 16.5 Å². The molecular formula is C23H26N2O3S. The van der Waals surface area contributed by atoms with Crippen LogP contribution >= 0.6 is 11.3 Å². The second-order valence-electron chi connectivity index (χ2n) is 7.00. The summed E-state index contributed by atoms with van der Waals surface area (Å²) in [6.45, 7) is 5.02. The van der Waals surface area contributed by atoms with Crippen LogP contribution in [0.4, 0.5) is 0 Å². The molecule has 0 atom stereocenters. The molecule has 0 aliphatic rings. The van der Waals surface area contributed by atoms with E-state index >= 15 is 0 Å². The summed E-state index contributed by atoms with van der Waals surface area (Å²) < 4.78 is 0. The number of rotatable bonds is 11. The van der Waals surface area contributed by atoms with E-state index in [4.69, 9.17) is 5.26 Å². The van der Waals surface area contributed by atoms with Crippen LogP contribution in [0.3, 0.4) is 0 Å². The molecule has 0 bridgehead atoms. The zero-order chi connectivity index (χ0) is 21.2. The van der Waals surface area contributed by atoms with Crippen LogP contribution in [0.25, 0.3) is 0 Å². The van der Waals surface area contributed by atoms with E-state index in [2.05, 4.69) is 6.07 Å². The number of nitrogens with zero attached hydrogens (tertiary/aromatic N) is 2. The molecule has 29 heavy (non-hydrogen) atoms. The lowest BCUT2D eigenvalue weighted by atomic mass is 10.1. The average Bonchev–Trinajstić information content (AvgIpc) is 3.16. The number of thiophene rings is 1. The summed E-state index contributed by atoms with van der Waals surface area (Å²) in [7, 11) is 0. The van der Waals surface area contributed by atoms with Crippen LogP contribution < -0.4 is 0 Å². The van der Waals surface area contributed by atoms with Crippen LogP contribution in [-0.4, -0.2) is 28.9 Å². The van der Waals surface area contributed by atoms with Crippen LogP contribution in [0.15, 0.2) is 36.4 Å². The smallest absolute Gasteiger partial charge is 0.223 e. The SMILES string of the molecule is CCCN(Cc1ccc(C#N)cc1)C(=O)CCC(=O)CCC(=O)c1ccc(C)s1. The molecule has 0 N–H and O–H groups in total. The van der Waals surface area contributed by atoms with Crippen molar-refractivity contribution in [2.75, 3.05) is 6.54 Å². The lowest BCUT2D eigenvalue weighted by molar-refractivity contribution is -0.133. The molecule has 2 rings (SSSR count). The molecule has 0 saturated carbocycles. The van der Waals surface area contributed by atoms with Crippen molar-refractivity contribution in [3.05, 3.63) is 57.3 Å². The quantitative estimate of drug-likeness (QED) is 0.504. The van der Waals surface area contributed by atoms with E-state index in [0.717, 1.165) is 16.9 Å². The van der Waals surface area contributed by atoms with Crippen molar-refractivity contribution in [2.24, 2.45) is 0 Å². The van der Waals surface area contributed by atoms with Gasteiger partial charge in [-0.1, -0.05) is 19.1 Å². The number of Topliss-reactive ketones (excluding diaryl/α,β-unsaturated/α-hetero) is 2. The van der Waals surface area contributed by atoms with Crippen molar-refractivity contribution in [1.29, 1.82) is 5.26 Å². The van der Waals surface area contributed by atoms with E-state index < -0.39 is 0 Å². The Morgan fingerprint density at radius 2 is 1.69 bits per heavy atom. The molecule has 152 valence electrons. The molecule has 2 aromatic rings. The third-order valence-electron chi connectivity index (χ3n) is 4.57. The Labute approximate surface area is 176 Å². The van der Waals surface area contributed by atoms with Crippen LogP contribution in [0.1, 0.15) is 64.7 Å². The second-order valence-corrected chi connectivity index (χ2v) is 8.28. The van der Waals surface area contributed by atoms with Crippen LogP contribution in [0.2, 0.25) is 0 Å². The van der Waals surface area contributed by atoms with Gasteiger partial charge in [-0.2, -0.15) is 5.26 Å². The molecular weight excluding hydrogens is 384 g/mol. The van der Waals surface area contributed by atoms with Gasteiger partial charge in [0.25, 0.3) is 0 Å².